The van der Waals surface area contributed by atoms with Crippen LogP contribution in [0.3, 0.4) is 0 Å². The third-order valence-corrected chi connectivity index (χ3v) is 9.65. The van der Waals surface area contributed by atoms with Gasteiger partial charge in [-0.25, -0.2) is 0 Å². The molecule has 36 heavy (non-hydrogen) atoms. The molecule has 1 atom stereocenters. The molecule has 0 spiro atoms. The average Bonchev–Trinajstić information content (AvgIpc) is 3.10. The van der Waals surface area contributed by atoms with Crippen molar-refractivity contribution in [1.82, 2.24) is 4.15 Å². The minimum Gasteiger partial charge on any atom is -1.00 e. The summed E-state index contributed by atoms with van der Waals surface area (Å²) in [4.78, 5) is 0. The van der Waals surface area contributed by atoms with Crippen LogP contribution in [0.2, 0.25) is 0 Å². The molecule has 190 valence electrons. The van der Waals surface area contributed by atoms with Crippen molar-refractivity contribution < 1.29 is 51.0 Å². The van der Waals surface area contributed by atoms with Gasteiger partial charge in [0.25, 0.3) is 0 Å². The van der Waals surface area contributed by atoms with Crippen molar-refractivity contribution in [3.8, 4) is 0 Å². The molecule has 1 unspecified atom stereocenters. The fourth-order valence-corrected chi connectivity index (χ4v) is 8.34. The third-order valence-electron chi connectivity index (χ3n) is 6.62. The summed E-state index contributed by atoms with van der Waals surface area (Å²) in [5, 5.41) is 0. The molecular formula is C30H36Cl2NOSiTi-. The van der Waals surface area contributed by atoms with Gasteiger partial charge in [-0.3, -0.25) is 4.15 Å². The molecule has 3 aromatic rings. The molecule has 0 fully saturated rings. The Kier molecular flexibility index (Phi) is 11.3. The topological polar surface area (TPSA) is 17.1 Å². The van der Waals surface area contributed by atoms with E-state index in [0.29, 0.717) is 4.15 Å². The molecule has 0 N–H and O–H groups in total. The number of nitrogens with zero attached hydrogens (tertiary/aromatic N) is 1. The minimum atomic E-state index is -2.34. The zero-order valence-electron chi connectivity index (χ0n) is 22.1. The Hall–Kier alpha value is -1.33. The quantitative estimate of drug-likeness (QED) is 0.428. The Bertz CT molecular complexity index is 1150. The monoisotopic (exact) mass is 572 g/mol. The maximum atomic E-state index is 15.3. The van der Waals surface area contributed by atoms with Gasteiger partial charge < -0.3 is 29.3 Å². The zero-order valence-corrected chi connectivity index (χ0v) is 26.1. The van der Waals surface area contributed by atoms with Crippen molar-refractivity contribution in [3.63, 3.8) is 0 Å². The Labute approximate surface area is 246 Å². The first-order chi connectivity index (χ1) is 15.6. The van der Waals surface area contributed by atoms with Crippen molar-refractivity contribution in [2.24, 2.45) is 5.41 Å². The summed E-state index contributed by atoms with van der Waals surface area (Å²) in [7, 11) is -2.34. The van der Waals surface area contributed by atoms with Gasteiger partial charge in [0.1, 0.15) is 16.9 Å². The van der Waals surface area contributed by atoms with E-state index < -0.39 is 8.84 Å². The van der Waals surface area contributed by atoms with Gasteiger partial charge >= 0.3 is 8.84 Å². The summed E-state index contributed by atoms with van der Waals surface area (Å²) in [5.74, 6) is 0. The van der Waals surface area contributed by atoms with E-state index in [1.54, 1.807) is 0 Å². The molecule has 0 saturated heterocycles. The maximum Gasteiger partial charge on any atom is 0.576 e. The number of benzene rings is 3. The van der Waals surface area contributed by atoms with Crippen LogP contribution in [0.25, 0.3) is 6.08 Å². The second-order valence-electron chi connectivity index (χ2n) is 11.4. The molecule has 0 amide bonds. The second kappa shape index (κ2) is 12.5. The third kappa shape index (κ3) is 6.04. The van der Waals surface area contributed by atoms with Crippen LogP contribution in [0, 0.1) is 5.41 Å². The van der Waals surface area contributed by atoms with Gasteiger partial charge in [-0.2, -0.15) is 0 Å². The second-order valence-corrected chi connectivity index (χ2v) is 13.3. The SMILES string of the molecule is CC(C)(C)CC1=Cc2ccccc2C1[Si](=O)[N+](c1ccccc1)(c1ccccc1)C(C)(C)C.[Cl-].[Cl-].[Ti]. The van der Waals surface area contributed by atoms with E-state index in [0.717, 1.165) is 17.8 Å². The number of allylic oxidation sites excluding steroid dienone is 1. The molecule has 1 aliphatic carbocycles. The fraction of sp³-hybridized carbons (Fsp3) is 0.333. The van der Waals surface area contributed by atoms with Gasteiger partial charge in [-0.15, -0.1) is 0 Å². The smallest absolute Gasteiger partial charge is 0.576 e. The summed E-state index contributed by atoms with van der Waals surface area (Å²) in [6.07, 6.45) is 3.23. The first-order valence-corrected chi connectivity index (χ1v) is 13.3. The molecule has 0 bridgehead atoms. The van der Waals surface area contributed by atoms with E-state index in [2.05, 4.69) is 120 Å². The Balaban J connectivity index is 0.00000216. The summed E-state index contributed by atoms with van der Waals surface area (Å²) >= 11 is 0. The first-order valence-electron chi connectivity index (χ1n) is 11.9. The molecule has 6 heteroatoms. The summed E-state index contributed by atoms with van der Waals surface area (Å²) in [6.45, 7) is 13.5. The van der Waals surface area contributed by atoms with E-state index in [1.165, 1.54) is 16.7 Å². The molecule has 2 nitrogen and oxygen atoms in total. The van der Waals surface area contributed by atoms with Gasteiger partial charge in [0.05, 0.1) is 5.54 Å². The number of rotatable bonds is 5. The Morgan fingerprint density at radius 3 is 1.61 bits per heavy atom. The molecule has 4 rings (SSSR count). The Morgan fingerprint density at radius 2 is 1.17 bits per heavy atom. The fourth-order valence-electron chi connectivity index (χ4n) is 5.45. The van der Waals surface area contributed by atoms with Crippen molar-refractivity contribution in [1.29, 1.82) is 0 Å². The zero-order chi connectivity index (χ0) is 23.9. The Morgan fingerprint density at radius 1 is 0.722 bits per heavy atom. The van der Waals surface area contributed by atoms with Crippen LogP contribution in [0.1, 0.15) is 64.6 Å². The molecule has 3 aromatic carbocycles. The van der Waals surface area contributed by atoms with Gasteiger partial charge in [0.15, 0.2) is 0 Å². The van der Waals surface area contributed by atoms with Crippen LogP contribution in [0.4, 0.5) is 11.4 Å². The predicted octanol–water partition coefficient (Wildman–Crippen LogP) is 2.20. The number of quaternary nitrogens is 1. The van der Waals surface area contributed by atoms with Gasteiger partial charge in [-0.05, 0) is 68.0 Å². The van der Waals surface area contributed by atoms with Crippen molar-refractivity contribution >= 4 is 26.3 Å². The van der Waals surface area contributed by atoms with Crippen LogP contribution < -0.4 is 29.0 Å². The van der Waals surface area contributed by atoms with Crippen LogP contribution >= 0.6 is 0 Å². The number of hydrogen-bond acceptors (Lipinski definition) is 1. The van der Waals surface area contributed by atoms with Crippen LogP contribution in [-0.2, 0) is 26.2 Å². The molecule has 0 radical (unpaired) electrons. The predicted molar refractivity (Wildman–Crippen MR) is 142 cm³/mol. The standard InChI is InChI=1S/C30H36NOSi.2ClH.Ti/c1-29(2,3)22-24-21-23-15-13-14-20-27(23)28(24)33(32)31(30(4,5)6,25-16-9-7-10-17-25)26-18-11-8-12-19-26;;;/h7-21,28H,22H2,1-6H3;2*1H;/q+1;;;/p-2. The van der Waals surface area contributed by atoms with Crippen molar-refractivity contribution in [2.45, 2.75) is 59.0 Å². The maximum absolute atomic E-state index is 15.3. The van der Waals surface area contributed by atoms with E-state index in [-0.39, 0.29) is 63.0 Å². The van der Waals surface area contributed by atoms with Crippen LogP contribution in [0.15, 0.2) is 90.5 Å². The summed E-state index contributed by atoms with van der Waals surface area (Å²) in [6, 6.07) is 29.5. The van der Waals surface area contributed by atoms with Gasteiger partial charge in [0.2, 0.25) is 0 Å². The van der Waals surface area contributed by atoms with E-state index in [4.69, 9.17) is 0 Å². The van der Waals surface area contributed by atoms with Crippen LogP contribution in [-0.4, -0.2) is 14.4 Å². The normalized spacial score (nSPS) is 14.9. The molecule has 0 heterocycles. The number of fused-ring (bicyclic) bond motifs is 1. The molecule has 0 aliphatic heterocycles. The van der Waals surface area contributed by atoms with Crippen molar-refractivity contribution in [2.75, 3.05) is 0 Å². The van der Waals surface area contributed by atoms with Gasteiger partial charge in [0, 0.05) is 21.7 Å². The number of halogens is 2. The summed E-state index contributed by atoms with van der Waals surface area (Å²) < 4.78 is 15.6. The largest absolute Gasteiger partial charge is 1.00 e. The van der Waals surface area contributed by atoms with Crippen molar-refractivity contribution in [3.05, 3.63) is 102 Å². The molecular weight excluding hydrogens is 537 g/mol. The minimum absolute atomic E-state index is 0. The molecule has 0 saturated carbocycles. The first kappa shape index (κ1) is 32.7. The van der Waals surface area contributed by atoms with E-state index >= 15 is 4.46 Å². The molecule has 0 aromatic heterocycles. The molecule has 1 aliphatic rings. The van der Waals surface area contributed by atoms with E-state index in [1.807, 2.05) is 12.1 Å². The number of hydrogen-bond donors (Lipinski definition) is 0. The van der Waals surface area contributed by atoms with Crippen LogP contribution in [0.5, 0.6) is 0 Å². The number of para-hydroxylation sites is 2. The van der Waals surface area contributed by atoms with E-state index in [9.17, 15) is 0 Å². The van der Waals surface area contributed by atoms with Gasteiger partial charge in [-0.1, -0.05) is 93.1 Å². The average molecular weight is 573 g/mol. The summed E-state index contributed by atoms with van der Waals surface area (Å²) in [5.41, 5.74) is 5.59.